The lowest BCUT2D eigenvalue weighted by Crippen LogP contribution is -2.38. The maximum Gasteiger partial charge on any atom is 0.335 e. The summed E-state index contributed by atoms with van der Waals surface area (Å²) in [7, 11) is 1.79. The summed E-state index contributed by atoms with van der Waals surface area (Å²) < 4.78 is 0. The summed E-state index contributed by atoms with van der Waals surface area (Å²) in [6.45, 7) is 1.97. The van der Waals surface area contributed by atoms with E-state index in [4.69, 9.17) is 0 Å². The van der Waals surface area contributed by atoms with Crippen molar-refractivity contribution in [3.63, 3.8) is 0 Å². The van der Waals surface area contributed by atoms with Crippen molar-refractivity contribution in [2.45, 2.75) is 19.1 Å². The smallest absolute Gasteiger partial charge is 0.335 e. The number of aryl methyl sites for hydroxylation is 1. The number of aliphatic hydroxyl groups excluding tert-OH is 1. The lowest BCUT2D eigenvalue weighted by atomic mass is 9.99. The minimum Gasteiger partial charge on any atom is -0.479 e. The lowest BCUT2D eigenvalue weighted by molar-refractivity contribution is -0.147. The van der Waals surface area contributed by atoms with Gasteiger partial charge in [0.15, 0.2) is 6.10 Å². The van der Waals surface area contributed by atoms with Crippen LogP contribution in [0.3, 0.4) is 0 Å². The Balaban J connectivity index is 2.42. The van der Waals surface area contributed by atoms with E-state index in [-0.39, 0.29) is 0 Å². The van der Waals surface area contributed by atoms with Gasteiger partial charge in [0.2, 0.25) is 0 Å². The summed E-state index contributed by atoms with van der Waals surface area (Å²) in [4.78, 5) is 13.0. The number of aliphatic hydroxyl groups is 1. The van der Waals surface area contributed by atoms with E-state index in [0.29, 0.717) is 0 Å². The standard InChI is InChI=1S/C17H19NO3/c1-12-7-6-10-14(11-12)18(2)15(16(19)17(20)21)13-8-4-3-5-9-13/h3-11,15-16,19H,1-2H3,(H,20,21). The number of nitrogens with zero attached hydrogens (tertiary/aromatic N) is 1. The van der Waals surface area contributed by atoms with Crippen LogP contribution in [0.5, 0.6) is 0 Å². The van der Waals surface area contributed by atoms with E-state index in [0.717, 1.165) is 16.8 Å². The second-order valence-corrected chi connectivity index (χ2v) is 5.09. The zero-order valence-corrected chi connectivity index (χ0v) is 12.1. The molecule has 2 unspecified atom stereocenters. The first-order valence-electron chi connectivity index (χ1n) is 6.76. The van der Waals surface area contributed by atoms with Gasteiger partial charge in [0, 0.05) is 12.7 Å². The third-order valence-corrected chi connectivity index (χ3v) is 3.52. The number of carboxylic acids is 1. The molecule has 110 valence electrons. The third-order valence-electron chi connectivity index (χ3n) is 3.52. The average Bonchev–Trinajstić information content (AvgIpc) is 2.48. The highest BCUT2D eigenvalue weighted by atomic mass is 16.4. The van der Waals surface area contributed by atoms with Crippen molar-refractivity contribution >= 4 is 11.7 Å². The van der Waals surface area contributed by atoms with Crippen molar-refractivity contribution in [2.24, 2.45) is 0 Å². The fraction of sp³-hybridized carbons (Fsp3) is 0.235. The monoisotopic (exact) mass is 285 g/mol. The lowest BCUT2D eigenvalue weighted by Gasteiger charge is -2.32. The molecule has 4 heteroatoms. The SMILES string of the molecule is Cc1cccc(N(C)C(c2ccccc2)C(O)C(=O)O)c1. The molecule has 0 heterocycles. The molecule has 0 fully saturated rings. The maximum absolute atomic E-state index is 11.2. The van der Waals surface area contributed by atoms with Crippen LogP contribution in [-0.4, -0.2) is 29.3 Å². The van der Waals surface area contributed by atoms with Gasteiger partial charge in [-0.25, -0.2) is 4.79 Å². The molecular formula is C17H19NO3. The number of hydrogen-bond donors (Lipinski definition) is 2. The van der Waals surface area contributed by atoms with Crippen molar-refractivity contribution in [3.05, 3.63) is 65.7 Å². The molecule has 0 saturated carbocycles. The number of carbonyl (C=O) groups is 1. The molecule has 2 aromatic rings. The highest BCUT2D eigenvalue weighted by molar-refractivity contribution is 5.74. The number of carboxylic acid groups (broad SMARTS) is 1. The van der Waals surface area contributed by atoms with Crippen LogP contribution in [0, 0.1) is 6.92 Å². The van der Waals surface area contributed by atoms with Crippen molar-refractivity contribution < 1.29 is 15.0 Å². The third kappa shape index (κ3) is 3.41. The summed E-state index contributed by atoms with van der Waals surface area (Å²) in [5.74, 6) is -1.23. The number of benzene rings is 2. The molecule has 0 spiro atoms. The molecule has 0 saturated heterocycles. The van der Waals surface area contributed by atoms with Gasteiger partial charge in [0.1, 0.15) is 0 Å². The molecule has 0 amide bonds. The second kappa shape index (κ2) is 6.41. The van der Waals surface area contributed by atoms with Crippen molar-refractivity contribution in [1.29, 1.82) is 0 Å². The summed E-state index contributed by atoms with van der Waals surface area (Å²) in [6.07, 6.45) is -1.50. The van der Waals surface area contributed by atoms with Crippen LogP contribution in [0.2, 0.25) is 0 Å². The highest BCUT2D eigenvalue weighted by Crippen LogP contribution is 2.29. The van der Waals surface area contributed by atoms with Crippen molar-refractivity contribution in [3.8, 4) is 0 Å². The van der Waals surface area contributed by atoms with E-state index < -0.39 is 18.1 Å². The zero-order valence-electron chi connectivity index (χ0n) is 12.1. The highest BCUT2D eigenvalue weighted by Gasteiger charge is 2.31. The molecule has 2 atom stereocenters. The van der Waals surface area contributed by atoms with Crippen molar-refractivity contribution in [1.82, 2.24) is 0 Å². The predicted octanol–water partition coefficient (Wildman–Crippen LogP) is 2.62. The maximum atomic E-state index is 11.2. The first-order valence-corrected chi connectivity index (χ1v) is 6.76. The van der Waals surface area contributed by atoms with Crippen LogP contribution in [0.4, 0.5) is 5.69 Å². The van der Waals surface area contributed by atoms with Gasteiger partial charge in [-0.2, -0.15) is 0 Å². The normalized spacial score (nSPS) is 13.5. The van der Waals surface area contributed by atoms with E-state index in [1.54, 1.807) is 11.9 Å². The van der Waals surface area contributed by atoms with Gasteiger partial charge in [-0.05, 0) is 30.2 Å². The summed E-state index contributed by atoms with van der Waals surface area (Å²) in [5, 5.41) is 19.3. The Labute approximate surface area is 124 Å². The Hall–Kier alpha value is -2.33. The van der Waals surface area contributed by atoms with E-state index in [1.165, 1.54) is 0 Å². The Kier molecular flexibility index (Phi) is 4.60. The number of rotatable bonds is 5. The van der Waals surface area contributed by atoms with Crippen LogP contribution < -0.4 is 4.90 Å². The molecule has 0 aliphatic heterocycles. The molecule has 2 rings (SSSR count). The van der Waals surface area contributed by atoms with Gasteiger partial charge in [-0.15, -0.1) is 0 Å². The van der Waals surface area contributed by atoms with Crippen LogP contribution in [0.25, 0.3) is 0 Å². The van der Waals surface area contributed by atoms with Crippen LogP contribution in [-0.2, 0) is 4.79 Å². The molecule has 0 aliphatic carbocycles. The van der Waals surface area contributed by atoms with Gasteiger partial charge in [0.05, 0.1) is 6.04 Å². The summed E-state index contributed by atoms with van der Waals surface area (Å²) in [5.41, 5.74) is 2.71. The van der Waals surface area contributed by atoms with Crippen LogP contribution >= 0.6 is 0 Å². The Morgan fingerprint density at radius 2 is 1.76 bits per heavy atom. The number of anilines is 1. The second-order valence-electron chi connectivity index (χ2n) is 5.09. The van der Waals surface area contributed by atoms with Crippen LogP contribution in [0.1, 0.15) is 17.2 Å². The molecule has 0 aliphatic rings. The summed E-state index contributed by atoms with van der Waals surface area (Å²) >= 11 is 0. The van der Waals surface area contributed by atoms with E-state index >= 15 is 0 Å². The first kappa shape index (κ1) is 15.1. The van der Waals surface area contributed by atoms with Crippen LogP contribution in [0.15, 0.2) is 54.6 Å². The molecule has 0 bridgehead atoms. The minimum absolute atomic E-state index is 0.648. The predicted molar refractivity (Wildman–Crippen MR) is 82.4 cm³/mol. The molecule has 2 N–H and O–H groups in total. The Bertz CT molecular complexity index is 612. The number of aliphatic carboxylic acids is 1. The largest absolute Gasteiger partial charge is 0.479 e. The topological polar surface area (TPSA) is 60.8 Å². The van der Waals surface area contributed by atoms with Gasteiger partial charge in [-0.1, -0.05) is 42.5 Å². The van der Waals surface area contributed by atoms with Gasteiger partial charge in [-0.3, -0.25) is 0 Å². The van der Waals surface area contributed by atoms with E-state index in [1.807, 2.05) is 61.5 Å². The number of hydrogen-bond acceptors (Lipinski definition) is 3. The first-order chi connectivity index (χ1) is 10.0. The minimum atomic E-state index is -1.50. The quantitative estimate of drug-likeness (QED) is 0.886. The molecule has 0 aromatic heterocycles. The summed E-state index contributed by atoms with van der Waals surface area (Å²) in [6, 6.07) is 16.3. The fourth-order valence-corrected chi connectivity index (χ4v) is 2.41. The van der Waals surface area contributed by atoms with Gasteiger partial charge >= 0.3 is 5.97 Å². The molecule has 0 radical (unpaired) electrons. The average molecular weight is 285 g/mol. The molecule has 4 nitrogen and oxygen atoms in total. The Morgan fingerprint density at radius 3 is 2.33 bits per heavy atom. The molecule has 21 heavy (non-hydrogen) atoms. The van der Waals surface area contributed by atoms with Crippen molar-refractivity contribution in [2.75, 3.05) is 11.9 Å². The van der Waals surface area contributed by atoms with Gasteiger partial charge < -0.3 is 15.1 Å². The van der Waals surface area contributed by atoms with E-state index in [2.05, 4.69) is 0 Å². The molecular weight excluding hydrogens is 266 g/mol. The van der Waals surface area contributed by atoms with E-state index in [9.17, 15) is 15.0 Å². The van der Waals surface area contributed by atoms with Gasteiger partial charge in [0.25, 0.3) is 0 Å². The zero-order chi connectivity index (χ0) is 15.4. The Morgan fingerprint density at radius 1 is 1.10 bits per heavy atom. The number of likely N-dealkylation sites (N-methyl/N-ethyl adjacent to an activating group) is 1. The fourth-order valence-electron chi connectivity index (χ4n) is 2.41. The molecule has 2 aromatic carbocycles.